The highest BCUT2D eigenvalue weighted by molar-refractivity contribution is 5.23. The minimum Gasteiger partial charge on any atom is -0.309 e. The lowest BCUT2D eigenvalue weighted by Gasteiger charge is -2.32. The van der Waals surface area contributed by atoms with Crippen molar-refractivity contribution in [3.05, 3.63) is 35.4 Å². The molecule has 19 heavy (non-hydrogen) atoms. The number of aryl methyl sites for hydroxylation is 1. The van der Waals surface area contributed by atoms with Crippen LogP contribution < -0.4 is 5.32 Å². The van der Waals surface area contributed by atoms with Crippen molar-refractivity contribution in [2.24, 2.45) is 0 Å². The van der Waals surface area contributed by atoms with Crippen molar-refractivity contribution in [1.82, 2.24) is 15.1 Å². The normalized spacial score (nSPS) is 19.5. The van der Waals surface area contributed by atoms with Crippen LogP contribution in [0.5, 0.6) is 0 Å². The van der Waals surface area contributed by atoms with Crippen molar-refractivity contribution in [3.63, 3.8) is 0 Å². The summed E-state index contributed by atoms with van der Waals surface area (Å²) in [6, 6.07) is 9.27. The second-order valence-corrected chi connectivity index (χ2v) is 5.73. The average Bonchev–Trinajstić information content (AvgIpc) is 2.41. The summed E-state index contributed by atoms with van der Waals surface area (Å²) in [4.78, 5) is 4.95. The van der Waals surface area contributed by atoms with Crippen molar-refractivity contribution < 1.29 is 0 Å². The standard InChI is InChI=1S/C16H27N3/c1-14-4-6-16(7-5-14)15(2)17-8-9-19-12-10-18(3)11-13-19/h4-7,15,17H,8-13H2,1-3H3. The Morgan fingerprint density at radius 3 is 2.37 bits per heavy atom. The predicted octanol–water partition coefficient (Wildman–Crippen LogP) is 1.89. The molecule has 1 aliphatic rings. The monoisotopic (exact) mass is 261 g/mol. The van der Waals surface area contributed by atoms with E-state index in [1.165, 1.54) is 37.3 Å². The van der Waals surface area contributed by atoms with Gasteiger partial charge in [-0.05, 0) is 26.5 Å². The fourth-order valence-electron chi connectivity index (χ4n) is 2.48. The molecule has 0 amide bonds. The summed E-state index contributed by atoms with van der Waals surface area (Å²) in [5, 5.41) is 3.62. The van der Waals surface area contributed by atoms with Crippen LogP contribution in [0, 0.1) is 6.92 Å². The highest BCUT2D eigenvalue weighted by atomic mass is 15.2. The van der Waals surface area contributed by atoms with Crippen LogP contribution in [0.4, 0.5) is 0 Å². The Hall–Kier alpha value is -0.900. The van der Waals surface area contributed by atoms with E-state index in [0.29, 0.717) is 6.04 Å². The van der Waals surface area contributed by atoms with E-state index in [4.69, 9.17) is 0 Å². The van der Waals surface area contributed by atoms with Gasteiger partial charge in [0.15, 0.2) is 0 Å². The van der Waals surface area contributed by atoms with Gasteiger partial charge in [-0.2, -0.15) is 0 Å². The van der Waals surface area contributed by atoms with E-state index in [1.54, 1.807) is 0 Å². The highest BCUT2D eigenvalue weighted by Gasteiger charge is 2.13. The molecule has 1 atom stereocenters. The Kier molecular flexibility index (Phi) is 5.37. The Labute approximate surface area is 117 Å². The van der Waals surface area contributed by atoms with Crippen LogP contribution in [0.3, 0.4) is 0 Å². The Morgan fingerprint density at radius 2 is 1.74 bits per heavy atom. The maximum atomic E-state index is 3.62. The van der Waals surface area contributed by atoms with Crippen LogP contribution in [-0.4, -0.2) is 56.1 Å². The molecule has 1 heterocycles. The molecule has 3 heteroatoms. The summed E-state index contributed by atoms with van der Waals surface area (Å²) in [5.41, 5.74) is 2.71. The Balaban J connectivity index is 1.69. The molecule has 1 fully saturated rings. The van der Waals surface area contributed by atoms with E-state index in [1.807, 2.05) is 0 Å². The van der Waals surface area contributed by atoms with Crippen LogP contribution in [0.15, 0.2) is 24.3 Å². The Morgan fingerprint density at radius 1 is 1.11 bits per heavy atom. The summed E-state index contributed by atoms with van der Waals surface area (Å²) in [6.07, 6.45) is 0. The van der Waals surface area contributed by atoms with Crippen molar-refractivity contribution >= 4 is 0 Å². The molecular formula is C16H27N3. The van der Waals surface area contributed by atoms with Gasteiger partial charge in [0.25, 0.3) is 0 Å². The van der Waals surface area contributed by atoms with Gasteiger partial charge in [0, 0.05) is 45.3 Å². The number of hydrogen-bond donors (Lipinski definition) is 1. The van der Waals surface area contributed by atoms with E-state index in [-0.39, 0.29) is 0 Å². The van der Waals surface area contributed by atoms with Gasteiger partial charge < -0.3 is 10.2 Å². The van der Waals surface area contributed by atoms with Gasteiger partial charge in [-0.3, -0.25) is 4.90 Å². The van der Waals surface area contributed by atoms with E-state index in [2.05, 4.69) is 60.3 Å². The molecule has 2 rings (SSSR count). The number of piperazine rings is 1. The molecule has 1 saturated heterocycles. The molecule has 1 aliphatic heterocycles. The SMILES string of the molecule is Cc1ccc(C(C)NCCN2CCN(C)CC2)cc1. The van der Waals surface area contributed by atoms with Gasteiger partial charge in [-0.15, -0.1) is 0 Å². The lowest BCUT2D eigenvalue weighted by Crippen LogP contribution is -2.46. The first-order valence-corrected chi connectivity index (χ1v) is 7.36. The van der Waals surface area contributed by atoms with Crippen LogP contribution in [0.2, 0.25) is 0 Å². The van der Waals surface area contributed by atoms with Crippen LogP contribution in [0.25, 0.3) is 0 Å². The van der Waals surface area contributed by atoms with Gasteiger partial charge in [-0.25, -0.2) is 0 Å². The van der Waals surface area contributed by atoms with Crippen molar-refractivity contribution in [2.75, 3.05) is 46.3 Å². The molecule has 3 nitrogen and oxygen atoms in total. The number of likely N-dealkylation sites (N-methyl/N-ethyl adjacent to an activating group) is 1. The minimum absolute atomic E-state index is 0.438. The minimum atomic E-state index is 0.438. The van der Waals surface area contributed by atoms with Gasteiger partial charge in [0.05, 0.1) is 0 Å². The second kappa shape index (κ2) is 7.04. The third-order valence-electron chi connectivity index (χ3n) is 4.05. The van der Waals surface area contributed by atoms with E-state index in [9.17, 15) is 0 Å². The lowest BCUT2D eigenvalue weighted by atomic mass is 10.1. The predicted molar refractivity (Wildman–Crippen MR) is 81.5 cm³/mol. The largest absolute Gasteiger partial charge is 0.309 e. The van der Waals surface area contributed by atoms with Gasteiger partial charge in [-0.1, -0.05) is 29.8 Å². The number of rotatable bonds is 5. The maximum absolute atomic E-state index is 3.62. The second-order valence-electron chi connectivity index (χ2n) is 5.73. The third-order valence-corrected chi connectivity index (χ3v) is 4.05. The molecule has 0 spiro atoms. The zero-order valence-electron chi connectivity index (χ0n) is 12.5. The molecule has 0 aromatic heterocycles. The zero-order valence-corrected chi connectivity index (χ0v) is 12.5. The molecular weight excluding hydrogens is 234 g/mol. The summed E-state index contributed by atoms with van der Waals surface area (Å²) < 4.78 is 0. The smallest absolute Gasteiger partial charge is 0.0292 e. The first-order chi connectivity index (χ1) is 9.15. The van der Waals surface area contributed by atoms with Crippen LogP contribution >= 0.6 is 0 Å². The molecule has 1 N–H and O–H groups in total. The van der Waals surface area contributed by atoms with Gasteiger partial charge >= 0.3 is 0 Å². The number of hydrogen-bond acceptors (Lipinski definition) is 3. The fraction of sp³-hybridized carbons (Fsp3) is 0.625. The van der Waals surface area contributed by atoms with Crippen LogP contribution in [-0.2, 0) is 0 Å². The van der Waals surface area contributed by atoms with Gasteiger partial charge in [0.2, 0.25) is 0 Å². The summed E-state index contributed by atoms with van der Waals surface area (Å²) in [7, 11) is 2.20. The molecule has 0 aliphatic carbocycles. The van der Waals surface area contributed by atoms with E-state index < -0.39 is 0 Å². The first kappa shape index (κ1) is 14.5. The molecule has 0 bridgehead atoms. The molecule has 0 saturated carbocycles. The summed E-state index contributed by atoms with van der Waals surface area (Å²) in [5.74, 6) is 0. The first-order valence-electron chi connectivity index (χ1n) is 7.36. The van der Waals surface area contributed by atoms with Crippen molar-refractivity contribution in [1.29, 1.82) is 0 Å². The molecule has 1 aromatic rings. The zero-order chi connectivity index (χ0) is 13.7. The molecule has 0 radical (unpaired) electrons. The third kappa shape index (κ3) is 4.60. The lowest BCUT2D eigenvalue weighted by molar-refractivity contribution is 0.154. The Bertz CT molecular complexity index is 366. The van der Waals surface area contributed by atoms with Crippen LogP contribution in [0.1, 0.15) is 24.1 Å². The molecule has 1 aromatic carbocycles. The summed E-state index contributed by atoms with van der Waals surface area (Å²) >= 11 is 0. The van der Waals surface area contributed by atoms with Crippen molar-refractivity contribution in [3.8, 4) is 0 Å². The van der Waals surface area contributed by atoms with Crippen molar-refractivity contribution in [2.45, 2.75) is 19.9 Å². The molecule has 1 unspecified atom stereocenters. The molecule has 106 valence electrons. The number of nitrogens with one attached hydrogen (secondary N) is 1. The number of benzene rings is 1. The fourth-order valence-corrected chi connectivity index (χ4v) is 2.48. The number of nitrogens with zero attached hydrogens (tertiary/aromatic N) is 2. The maximum Gasteiger partial charge on any atom is 0.0292 e. The highest BCUT2D eigenvalue weighted by Crippen LogP contribution is 2.12. The van der Waals surface area contributed by atoms with E-state index in [0.717, 1.165) is 13.1 Å². The topological polar surface area (TPSA) is 18.5 Å². The summed E-state index contributed by atoms with van der Waals surface area (Å²) in [6.45, 7) is 11.4. The van der Waals surface area contributed by atoms with E-state index >= 15 is 0 Å². The van der Waals surface area contributed by atoms with Gasteiger partial charge in [0.1, 0.15) is 0 Å². The quantitative estimate of drug-likeness (QED) is 0.873. The average molecular weight is 261 g/mol.